The molecule has 1 fully saturated rings. The van der Waals surface area contributed by atoms with Crippen LogP contribution in [0.3, 0.4) is 0 Å². The maximum atomic E-state index is 14.0. The number of phenols is 1. The van der Waals surface area contributed by atoms with E-state index in [1.54, 1.807) is 23.9 Å². The van der Waals surface area contributed by atoms with Crippen LogP contribution in [0.25, 0.3) is 5.76 Å². The molecule has 3 aliphatic carbocycles. The van der Waals surface area contributed by atoms with Gasteiger partial charge in [-0.2, -0.15) is 11.8 Å². The molecule has 0 saturated heterocycles. The third kappa shape index (κ3) is 3.48. The summed E-state index contributed by atoms with van der Waals surface area (Å²) >= 11 is 1.54. The molecule has 4 rings (SSSR count). The van der Waals surface area contributed by atoms with Crippen LogP contribution in [-0.2, 0) is 14.4 Å². The zero-order valence-corrected chi connectivity index (χ0v) is 21.1. The number of nitrogens with two attached hydrogens (primary N) is 1. The number of thioether (sulfide) groups is 1. The van der Waals surface area contributed by atoms with Gasteiger partial charge in [0.15, 0.2) is 11.4 Å². The van der Waals surface area contributed by atoms with Crippen molar-refractivity contribution in [2.45, 2.75) is 42.8 Å². The second kappa shape index (κ2) is 8.91. The third-order valence-electron chi connectivity index (χ3n) is 7.41. The first kappa shape index (κ1) is 26.2. The van der Waals surface area contributed by atoms with E-state index in [9.17, 15) is 39.9 Å². The van der Waals surface area contributed by atoms with Crippen LogP contribution in [-0.4, -0.2) is 90.8 Å². The summed E-state index contributed by atoms with van der Waals surface area (Å²) in [4.78, 5) is 40.7. The summed E-state index contributed by atoms with van der Waals surface area (Å²) in [5.41, 5.74) is 1.60. The molecule has 0 aliphatic heterocycles. The quantitative estimate of drug-likeness (QED) is 0.302. The summed E-state index contributed by atoms with van der Waals surface area (Å²) in [6.07, 6.45) is -1.61. The Hall–Kier alpha value is -2.86. The van der Waals surface area contributed by atoms with E-state index in [0.29, 0.717) is 11.3 Å². The summed E-state index contributed by atoms with van der Waals surface area (Å²) in [5.74, 6) is -8.44. The minimum atomic E-state index is -2.91. The second-order valence-electron chi connectivity index (χ2n) is 9.99. The third-order valence-corrected chi connectivity index (χ3v) is 8.63. The van der Waals surface area contributed by atoms with Gasteiger partial charge in [0, 0.05) is 23.2 Å². The standard InChI is InChI=1S/C25H30N2O8S/c1-9(2)36-8-11-10-6-5-7-12(28)13(10)19(29)15-14(11)20(30)17-18(27(3)4)21(31)16(24(26)34)23(33)25(17,35)22(15)32/h5-7,9,11,14,17-18,20,28-30,33,35H,8H2,1-4H3,(H2,26,34)/t11-,14?,17?,18-,20-,25-/m0/s1. The fourth-order valence-corrected chi connectivity index (χ4v) is 6.87. The van der Waals surface area contributed by atoms with Crippen molar-refractivity contribution in [3.05, 3.63) is 46.2 Å². The maximum Gasteiger partial charge on any atom is 0.255 e. The number of Topliss-reactive ketones (excluding diaryl/α,β-unsaturated/α-hetero) is 2. The molecule has 1 saturated carbocycles. The number of aliphatic hydroxyl groups is 4. The fraction of sp³-hybridized carbons (Fsp3) is 0.480. The van der Waals surface area contributed by atoms with Crippen molar-refractivity contribution in [1.29, 1.82) is 0 Å². The molecule has 1 aromatic carbocycles. The average molecular weight is 519 g/mol. The van der Waals surface area contributed by atoms with Gasteiger partial charge in [-0.05, 0) is 31.0 Å². The number of aliphatic hydroxyl groups excluding tert-OH is 3. The molecule has 3 aliphatic rings. The van der Waals surface area contributed by atoms with Gasteiger partial charge in [0.1, 0.15) is 22.8 Å². The van der Waals surface area contributed by atoms with E-state index in [-0.39, 0.29) is 22.1 Å². The molecule has 2 unspecified atom stereocenters. The van der Waals surface area contributed by atoms with Crippen molar-refractivity contribution in [2.75, 3.05) is 19.8 Å². The molecule has 10 nitrogen and oxygen atoms in total. The highest BCUT2D eigenvalue weighted by atomic mass is 32.2. The van der Waals surface area contributed by atoms with Gasteiger partial charge >= 0.3 is 0 Å². The molecule has 0 bridgehead atoms. The summed E-state index contributed by atoms with van der Waals surface area (Å²) in [7, 11) is 2.95. The molecule has 0 aromatic heterocycles. The number of primary amides is 1. The highest BCUT2D eigenvalue weighted by molar-refractivity contribution is 7.99. The van der Waals surface area contributed by atoms with E-state index in [0.717, 1.165) is 0 Å². The van der Waals surface area contributed by atoms with E-state index in [2.05, 4.69) is 0 Å². The zero-order chi connectivity index (χ0) is 26.9. The van der Waals surface area contributed by atoms with E-state index in [1.807, 2.05) is 13.8 Å². The molecule has 0 radical (unpaired) electrons. The molecule has 0 heterocycles. The Morgan fingerprint density at radius 1 is 1.19 bits per heavy atom. The van der Waals surface area contributed by atoms with Crippen molar-refractivity contribution < 1.29 is 39.9 Å². The number of nitrogens with zero attached hydrogens (tertiary/aromatic N) is 1. The van der Waals surface area contributed by atoms with E-state index in [4.69, 9.17) is 5.73 Å². The van der Waals surface area contributed by atoms with E-state index >= 15 is 0 Å². The Morgan fingerprint density at radius 3 is 2.39 bits per heavy atom. The highest BCUT2D eigenvalue weighted by Gasteiger charge is 2.68. The van der Waals surface area contributed by atoms with Crippen molar-refractivity contribution in [3.8, 4) is 5.75 Å². The molecule has 36 heavy (non-hydrogen) atoms. The number of phenolic OH excluding ortho intramolecular Hbond substituents is 1. The van der Waals surface area contributed by atoms with Crippen molar-refractivity contribution in [1.82, 2.24) is 4.90 Å². The summed E-state index contributed by atoms with van der Waals surface area (Å²) < 4.78 is 0. The van der Waals surface area contributed by atoms with Crippen molar-refractivity contribution in [2.24, 2.45) is 17.6 Å². The monoisotopic (exact) mass is 518 g/mol. The lowest BCUT2D eigenvalue weighted by Gasteiger charge is -2.54. The molecular weight excluding hydrogens is 488 g/mol. The fourth-order valence-electron chi connectivity index (χ4n) is 5.89. The van der Waals surface area contributed by atoms with Crippen LogP contribution in [0.2, 0.25) is 0 Å². The smallest absolute Gasteiger partial charge is 0.255 e. The summed E-state index contributed by atoms with van der Waals surface area (Å²) in [6, 6.07) is 3.24. The predicted molar refractivity (Wildman–Crippen MR) is 132 cm³/mol. The van der Waals surface area contributed by atoms with E-state index in [1.165, 1.54) is 25.1 Å². The van der Waals surface area contributed by atoms with Crippen LogP contribution < -0.4 is 5.73 Å². The number of carbonyl (C=O) groups excluding carboxylic acids is 3. The first-order chi connectivity index (χ1) is 16.8. The van der Waals surface area contributed by atoms with Crippen LogP contribution in [0.4, 0.5) is 0 Å². The molecule has 7 N–H and O–H groups in total. The molecule has 1 amide bonds. The number of amides is 1. The van der Waals surface area contributed by atoms with Crippen LogP contribution in [0, 0.1) is 11.8 Å². The van der Waals surface area contributed by atoms with Crippen molar-refractivity contribution >= 4 is 35.0 Å². The lowest BCUT2D eigenvalue weighted by molar-refractivity contribution is -0.169. The van der Waals surface area contributed by atoms with Crippen LogP contribution in [0.1, 0.15) is 30.9 Å². The highest BCUT2D eigenvalue weighted by Crippen LogP contribution is 2.56. The number of hydrogen-bond donors (Lipinski definition) is 6. The Morgan fingerprint density at radius 2 is 1.83 bits per heavy atom. The molecule has 1 aromatic rings. The van der Waals surface area contributed by atoms with Crippen molar-refractivity contribution in [3.63, 3.8) is 0 Å². The van der Waals surface area contributed by atoms with Gasteiger partial charge in [0.05, 0.1) is 23.6 Å². The van der Waals surface area contributed by atoms with E-state index < -0.39 is 70.1 Å². The number of aromatic hydroxyl groups is 1. The number of hydrogen-bond acceptors (Lipinski definition) is 10. The topological polar surface area (TPSA) is 182 Å². The van der Waals surface area contributed by atoms with Gasteiger partial charge < -0.3 is 31.3 Å². The summed E-state index contributed by atoms with van der Waals surface area (Å²) in [6.45, 7) is 3.95. The Labute approximate surface area is 212 Å². The second-order valence-corrected chi connectivity index (χ2v) is 11.6. The summed E-state index contributed by atoms with van der Waals surface area (Å²) in [5, 5.41) is 56.4. The number of rotatable bonds is 5. The van der Waals surface area contributed by atoms with Gasteiger partial charge in [-0.3, -0.25) is 19.3 Å². The van der Waals surface area contributed by atoms with Gasteiger partial charge in [0.25, 0.3) is 5.91 Å². The first-order valence-electron chi connectivity index (χ1n) is 11.5. The minimum Gasteiger partial charge on any atom is -0.508 e. The van der Waals surface area contributed by atoms with Gasteiger partial charge in [-0.1, -0.05) is 26.0 Å². The SMILES string of the molecule is CC(C)SC[C@H]1c2cccc(O)c2C(O)=C2C(=O)[C@]3(O)C(O)=C(C(N)=O)C(=O)[C@@H](N(C)C)C3[C@@H](O)C21. The number of carbonyl (C=O) groups is 3. The van der Waals surface area contributed by atoms with Crippen LogP contribution in [0.5, 0.6) is 5.75 Å². The Kier molecular flexibility index (Phi) is 6.49. The molecule has 194 valence electrons. The normalized spacial score (nSPS) is 32.1. The number of benzene rings is 1. The molecule has 11 heteroatoms. The number of fused-ring (bicyclic) bond motifs is 3. The zero-order valence-electron chi connectivity index (χ0n) is 20.3. The maximum absolute atomic E-state index is 14.0. The molecular formula is C25H30N2O8S. The van der Waals surface area contributed by atoms with Crippen LogP contribution >= 0.6 is 11.8 Å². The average Bonchev–Trinajstić information content (AvgIpc) is 2.78. The largest absolute Gasteiger partial charge is 0.508 e. The molecule has 6 atom stereocenters. The lowest BCUT2D eigenvalue weighted by Crippen LogP contribution is -2.70. The molecule has 0 spiro atoms. The Balaban J connectivity index is 2.04. The number of likely N-dealkylation sites (N-methyl/N-ethyl adjacent to an activating group) is 1. The minimum absolute atomic E-state index is 0.00431. The number of ketones is 2. The Bertz CT molecular complexity index is 1220. The van der Waals surface area contributed by atoms with Gasteiger partial charge in [0.2, 0.25) is 5.78 Å². The first-order valence-corrected chi connectivity index (χ1v) is 12.6. The lowest BCUT2D eigenvalue weighted by atomic mass is 9.54. The van der Waals surface area contributed by atoms with Crippen LogP contribution in [0.15, 0.2) is 35.1 Å². The predicted octanol–water partition coefficient (Wildman–Crippen LogP) is 0.618. The van der Waals surface area contributed by atoms with Gasteiger partial charge in [-0.15, -0.1) is 0 Å². The van der Waals surface area contributed by atoms with Gasteiger partial charge in [-0.25, -0.2) is 0 Å².